The number of methoxy groups -OCH3 is 1. The molecule has 4 aromatic rings. The molecule has 5 rings (SSSR count). The van der Waals surface area contributed by atoms with E-state index < -0.39 is 0 Å². The predicted molar refractivity (Wildman–Crippen MR) is 135 cm³/mol. The fourth-order valence-corrected chi connectivity index (χ4v) is 4.71. The van der Waals surface area contributed by atoms with Gasteiger partial charge in [-0.3, -0.25) is 9.69 Å². The third-order valence-corrected chi connectivity index (χ3v) is 6.66. The number of carbonyl (C=O) groups excluding carboxylic acids is 1. The molecular weight excluding hydrogens is 428 g/mol. The number of ether oxygens (including phenoxy) is 1. The second-order valence-electron chi connectivity index (χ2n) is 9.22. The summed E-state index contributed by atoms with van der Waals surface area (Å²) in [5.74, 6) is 0.940. The Labute approximate surface area is 199 Å². The van der Waals surface area contributed by atoms with Crippen molar-refractivity contribution in [2.45, 2.75) is 6.42 Å². The highest BCUT2D eigenvalue weighted by Gasteiger charge is 2.24. The topological polar surface area (TPSA) is 80.5 Å². The van der Waals surface area contributed by atoms with Gasteiger partial charge in [-0.05, 0) is 50.5 Å². The van der Waals surface area contributed by atoms with Gasteiger partial charge in [0.2, 0.25) is 5.91 Å². The van der Waals surface area contributed by atoms with Gasteiger partial charge >= 0.3 is 0 Å². The third kappa shape index (κ3) is 4.51. The van der Waals surface area contributed by atoms with Crippen molar-refractivity contribution in [1.82, 2.24) is 29.7 Å². The summed E-state index contributed by atoms with van der Waals surface area (Å²) in [6.45, 7) is 5.46. The van der Waals surface area contributed by atoms with E-state index in [0.717, 1.165) is 83.9 Å². The Morgan fingerprint density at radius 3 is 2.68 bits per heavy atom. The van der Waals surface area contributed by atoms with Crippen LogP contribution in [0.25, 0.3) is 33.2 Å². The zero-order valence-corrected chi connectivity index (χ0v) is 20.1. The molecule has 1 aliphatic rings. The average Bonchev–Trinajstić information content (AvgIpc) is 3.42. The van der Waals surface area contributed by atoms with E-state index in [9.17, 15) is 4.79 Å². The van der Waals surface area contributed by atoms with Crippen molar-refractivity contribution < 1.29 is 9.53 Å². The fraction of sp³-hybridized carbons (Fsp3) is 0.385. The second kappa shape index (κ2) is 9.48. The molecule has 1 saturated heterocycles. The highest BCUT2D eigenvalue weighted by atomic mass is 16.5. The summed E-state index contributed by atoms with van der Waals surface area (Å²) >= 11 is 0. The minimum Gasteiger partial charge on any atom is -0.497 e. The van der Waals surface area contributed by atoms with Crippen LogP contribution in [0, 0.1) is 0 Å². The van der Waals surface area contributed by atoms with E-state index in [4.69, 9.17) is 4.74 Å². The van der Waals surface area contributed by atoms with Crippen LogP contribution in [0.15, 0.2) is 42.6 Å². The zero-order valence-electron chi connectivity index (χ0n) is 20.1. The van der Waals surface area contributed by atoms with Gasteiger partial charge in [-0.25, -0.2) is 4.98 Å². The van der Waals surface area contributed by atoms with Gasteiger partial charge in [-0.15, -0.1) is 0 Å². The van der Waals surface area contributed by atoms with E-state index in [1.807, 2.05) is 35.2 Å². The minimum atomic E-state index is 0.154. The Balaban J connectivity index is 1.42. The number of nitrogens with one attached hydrogen (secondary N) is 2. The molecule has 0 unspecified atom stereocenters. The zero-order chi connectivity index (χ0) is 23.7. The molecule has 1 aromatic carbocycles. The Kier molecular flexibility index (Phi) is 6.26. The summed E-state index contributed by atoms with van der Waals surface area (Å²) in [4.78, 5) is 31.4. The summed E-state index contributed by atoms with van der Waals surface area (Å²) < 4.78 is 5.48. The van der Waals surface area contributed by atoms with E-state index in [-0.39, 0.29) is 5.91 Å². The number of aromatic nitrogens is 3. The maximum Gasteiger partial charge on any atom is 0.228 e. The standard InChI is InChI=1S/C26H32N6O2/c1-30(2)9-10-31-11-13-32(14-12-31)24(33)17-23-25(20-16-19(34-3)6-7-21(20)28-23)22-15-18-5-4-8-27-26(18)29-22/h4-8,15-16,28H,9-14,17H2,1-3H3,(H,27,29). The van der Waals surface area contributed by atoms with Gasteiger partial charge in [0, 0.05) is 73.0 Å². The van der Waals surface area contributed by atoms with Crippen molar-refractivity contribution in [3.8, 4) is 17.0 Å². The number of hydrogen-bond donors (Lipinski definition) is 2. The predicted octanol–water partition coefficient (Wildman–Crippen LogP) is 2.97. The Morgan fingerprint density at radius 2 is 1.94 bits per heavy atom. The lowest BCUT2D eigenvalue weighted by atomic mass is 10.0. The van der Waals surface area contributed by atoms with Gasteiger partial charge in [0.15, 0.2) is 0 Å². The van der Waals surface area contributed by atoms with Crippen LogP contribution in [0.1, 0.15) is 5.69 Å². The van der Waals surface area contributed by atoms with Crippen molar-refractivity contribution >= 4 is 27.8 Å². The van der Waals surface area contributed by atoms with Crippen LogP contribution in [0.4, 0.5) is 0 Å². The number of fused-ring (bicyclic) bond motifs is 2. The molecule has 0 bridgehead atoms. The molecule has 34 heavy (non-hydrogen) atoms. The third-order valence-electron chi connectivity index (χ3n) is 6.66. The monoisotopic (exact) mass is 460 g/mol. The molecule has 2 N–H and O–H groups in total. The van der Waals surface area contributed by atoms with E-state index in [0.29, 0.717) is 6.42 Å². The van der Waals surface area contributed by atoms with E-state index in [1.165, 1.54) is 0 Å². The molecule has 0 radical (unpaired) electrons. The van der Waals surface area contributed by atoms with E-state index in [1.54, 1.807) is 13.3 Å². The number of H-pyrrole nitrogens is 2. The maximum atomic E-state index is 13.3. The molecule has 0 atom stereocenters. The SMILES string of the molecule is COc1ccc2[nH]c(CC(=O)N3CCN(CCN(C)C)CC3)c(-c3cc4cccnc4[nH]3)c2c1. The van der Waals surface area contributed by atoms with Gasteiger partial charge < -0.3 is 24.5 Å². The van der Waals surface area contributed by atoms with Crippen molar-refractivity contribution in [3.05, 3.63) is 48.3 Å². The number of carbonyl (C=O) groups is 1. The Bertz CT molecular complexity index is 1270. The lowest BCUT2D eigenvalue weighted by Gasteiger charge is -2.35. The van der Waals surface area contributed by atoms with Crippen molar-refractivity contribution in [2.24, 2.45) is 0 Å². The van der Waals surface area contributed by atoms with Crippen LogP contribution in [0.2, 0.25) is 0 Å². The number of aromatic amines is 2. The van der Waals surface area contributed by atoms with Gasteiger partial charge in [-0.2, -0.15) is 0 Å². The molecule has 178 valence electrons. The number of pyridine rings is 1. The van der Waals surface area contributed by atoms with Crippen LogP contribution in [0.3, 0.4) is 0 Å². The summed E-state index contributed by atoms with van der Waals surface area (Å²) in [7, 11) is 5.86. The number of piperazine rings is 1. The molecule has 1 amide bonds. The minimum absolute atomic E-state index is 0.154. The molecule has 0 spiro atoms. The summed E-state index contributed by atoms with van der Waals surface area (Å²) in [5, 5.41) is 2.07. The first-order valence-electron chi connectivity index (χ1n) is 11.8. The molecular formula is C26H32N6O2. The average molecular weight is 461 g/mol. The van der Waals surface area contributed by atoms with Crippen molar-refractivity contribution in [2.75, 3.05) is 60.5 Å². The number of amides is 1. The fourth-order valence-electron chi connectivity index (χ4n) is 4.71. The molecule has 8 heteroatoms. The highest BCUT2D eigenvalue weighted by Crippen LogP contribution is 2.36. The number of rotatable bonds is 7. The quantitative estimate of drug-likeness (QED) is 0.443. The van der Waals surface area contributed by atoms with Gasteiger partial charge in [-0.1, -0.05) is 0 Å². The van der Waals surface area contributed by atoms with E-state index in [2.05, 4.69) is 44.9 Å². The molecule has 8 nitrogen and oxygen atoms in total. The smallest absolute Gasteiger partial charge is 0.228 e. The molecule has 4 heterocycles. The van der Waals surface area contributed by atoms with E-state index >= 15 is 0 Å². The number of benzene rings is 1. The first kappa shape index (κ1) is 22.4. The van der Waals surface area contributed by atoms with Crippen LogP contribution >= 0.6 is 0 Å². The highest BCUT2D eigenvalue weighted by molar-refractivity contribution is 6.01. The van der Waals surface area contributed by atoms with Crippen molar-refractivity contribution in [1.29, 1.82) is 0 Å². The summed E-state index contributed by atoms with van der Waals surface area (Å²) in [6.07, 6.45) is 2.11. The molecule has 1 fully saturated rings. The van der Waals surface area contributed by atoms with Crippen LogP contribution in [-0.2, 0) is 11.2 Å². The lowest BCUT2D eigenvalue weighted by Crippen LogP contribution is -2.50. The second-order valence-corrected chi connectivity index (χ2v) is 9.22. The van der Waals surface area contributed by atoms with Crippen LogP contribution in [0.5, 0.6) is 5.75 Å². The lowest BCUT2D eigenvalue weighted by molar-refractivity contribution is -0.132. The van der Waals surface area contributed by atoms with Gasteiger partial charge in [0.25, 0.3) is 0 Å². The maximum absolute atomic E-state index is 13.3. The normalized spacial score (nSPS) is 15.0. The Morgan fingerprint density at radius 1 is 1.12 bits per heavy atom. The summed E-state index contributed by atoms with van der Waals surface area (Å²) in [5.41, 5.74) is 4.68. The Hall–Kier alpha value is -3.36. The number of nitrogens with zero attached hydrogens (tertiary/aromatic N) is 4. The van der Waals surface area contributed by atoms with Crippen molar-refractivity contribution in [3.63, 3.8) is 0 Å². The number of hydrogen-bond acceptors (Lipinski definition) is 5. The molecule has 3 aromatic heterocycles. The molecule has 0 saturated carbocycles. The summed E-state index contributed by atoms with van der Waals surface area (Å²) in [6, 6.07) is 12.0. The van der Waals surface area contributed by atoms with Crippen LogP contribution in [-0.4, -0.2) is 96.0 Å². The van der Waals surface area contributed by atoms with Gasteiger partial charge in [0.1, 0.15) is 11.4 Å². The van der Waals surface area contributed by atoms with Crippen LogP contribution < -0.4 is 4.74 Å². The largest absolute Gasteiger partial charge is 0.497 e. The first-order valence-corrected chi connectivity index (χ1v) is 11.8. The first-order chi connectivity index (χ1) is 16.5. The molecule has 1 aliphatic heterocycles. The molecule has 0 aliphatic carbocycles. The van der Waals surface area contributed by atoms with Gasteiger partial charge in [0.05, 0.1) is 19.2 Å². The number of likely N-dealkylation sites (N-methyl/N-ethyl adjacent to an activating group) is 1.